The molecule has 0 aliphatic rings. The Kier molecular flexibility index (Phi) is 3.88. The lowest BCUT2D eigenvalue weighted by Crippen LogP contribution is -2.11. The molecule has 0 amide bonds. The summed E-state index contributed by atoms with van der Waals surface area (Å²) in [5.74, 6) is 0.454. The standard InChI is InChI=1S/C5H11N3/c1-2-5(7)8-4-3-6/h2H,1,3-4,6H2,(H2,7,8). The van der Waals surface area contributed by atoms with Crippen molar-refractivity contribution < 1.29 is 0 Å². The van der Waals surface area contributed by atoms with E-state index in [1.165, 1.54) is 6.08 Å². The lowest BCUT2D eigenvalue weighted by Gasteiger charge is -1.88. The van der Waals surface area contributed by atoms with E-state index in [2.05, 4.69) is 11.6 Å². The van der Waals surface area contributed by atoms with E-state index in [-0.39, 0.29) is 0 Å². The van der Waals surface area contributed by atoms with Crippen LogP contribution in [0.5, 0.6) is 0 Å². The highest BCUT2D eigenvalue weighted by atomic mass is 14.9. The van der Waals surface area contributed by atoms with Crippen molar-refractivity contribution in [2.45, 2.75) is 0 Å². The molecule has 0 unspecified atom stereocenters. The first-order valence-electron chi connectivity index (χ1n) is 2.43. The highest BCUT2D eigenvalue weighted by molar-refractivity contribution is 5.90. The molecule has 0 bridgehead atoms. The topological polar surface area (TPSA) is 64.4 Å². The number of amidine groups is 1. The van der Waals surface area contributed by atoms with Gasteiger partial charge in [-0.2, -0.15) is 0 Å². The average Bonchev–Trinajstić information content (AvgIpc) is 1.83. The zero-order valence-electron chi connectivity index (χ0n) is 4.80. The van der Waals surface area contributed by atoms with E-state index in [0.29, 0.717) is 18.9 Å². The first-order valence-corrected chi connectivity index (χ1v) is 2.43. The van der Waals surface area contributed by atoms with Crippen LogP contribution in [0.15, 0.2) is 17.6 Å². The normalized spacial score (nSPS) is 11.4. The maximum Gasteiger partial charge on any atom is 0.117 e. The Balaban J connectivity index is 3.40. The van der Waals surface area contributed by atoms with Crippen molar-refractivity contribution in [2.75, 3.05) is 13.1 Å². The predicted molar refractivity (Wildman–Crippen MR) is 35.7 cm³/mol. The molecule has 4 N–H and O–H groups in total. The van der Waals surface area contributed by atoms with Crippen molar-refractivity contribution in [3.8, 4) is 0 Å². The second-order valence-electron chi connectivity index (χ2n) is 1.30. The molecule has 0 saturated heterocycles. The van der Waals surface area contributed by atoms with Crippen LogP contribution in [0.1, 0.15) is 0 Å². The van der Waals surface area contributed by atoms with E-state index >= 15 is 0 Å². The maximum atomic E-state index is 5.24. The van der Waals surface area contributed by atoms with E-state index < -0.39 is 0 Å². The molecular weight excluding hydrogens is 102 g/mol. The van der Waals surface area contributed by atoms with Gasteiger partial charge in [-0.25, -0.2) is 0 Å². The molecule has 0 aromatic heterocycles. The van der Waals surface area contributed by atoms with Gasteiger partial charge in [0, 0.05) is 6.54 Å². The third kappa shape index (κ3) is 3.36. The molecule has 8 heavy (non-hydrogen) atoms. The van der Waals surface area contributed by atoms with Gasteiger partial charge < -0.3 is 11.5 Å². The van der Waals surface area contributed by atoms with E-state index in [1.807, 2.05) is 0 Å². The summed E-state index contributed by atoms with van der Waals surface area (Å²) in [5.41, 5.74) is 10.4. The fourth-order valence-corrected chi connectivity index (χ4v) is 0.258. The molecule has 0 spiro atoms. The monoisotopic (exact) mass is 113 g/mol. The molecule has 0 heterocycles. The number of rotatable bonds is 3. The smallest absolute Gasteiger partial charge is 0.117 e. The number of hydrogen-bond acceptors (Lipinski definition) is 2. The van der Waals surface area contributed by atoms with Crippen molar-refractivity contribution in [1.29, 1.82) is 0 Å². The van der Waals surface area contributed by atoms with E-state index in [9.17, 15) is 0 Å². The van der Waals surface area contributed by atoms with Gasteiger partial charge in [0.2, 0.25) is 0 Å². The number of nitrogens with two attached hydrogens (primary N) is 2. The van der Waals surface area contributed by atoms with Crippen LogP contribution in [0.4, 0.5) is 0 Å². The van der Waals surface area contributed by atoms with E-state index in [1.54, 1.807) is 0 Å². The summed E-state index contributed by atoms with van der Waals surface area (Å²) in [6.07, 6.45) is 1.50. The molecule has 0 aromatic carbocycles. The molecule has 46 valence electrons. The first-order chi connectivity index (χ1) is 3.81. The summed E-state index contributed by atoms with van der Waals surface area (Å²) < 4.78 is 0. The van der Waals surface area contributed by atoms with Crippen molar-refractivity contribution in [1.82, 2.24) is 0 Å². The van der Waals surface area contributed by atoms with Crippen LogP contribution in [0.25, 0.3) is 0 Å². The molecule has 0 rings (SSSR count). The zero-order valence-corrected chi connectivity index (χ0v) is 4.80. The summed E-state index contributed by atoms with van der Waals surface area (Å²) in [6, 6.07) is 0. The Labute approximate surface area is 49.1 Å². The molecule has 0 saturated carbocycles. The maximum absolute atomic E-state index is 5.24. The molecule has 0 radical (unpaired) electrons. The van der Waals surface area contributed by atoms with Gasteiger partial charge in [-0.1, -0.05) is 6.58 Å². The molecule has 0 aliphatic carbocycles. The zero-order chi connectivity index (χ0) is 6.41. The van der Waals surface area contributed by atoms with Gasteiger partial charge in [0.25, 0.3) is 0 Å². The molecule has 0 fully saturated rings. The van der Waals surface area contributed by atoms with Gasteiger partial charge in [0.05, 0.1) is 6.54 Å². The van der Waals surface area contributed by atoms with Crippen LogP contribution in [-0.4, -0.2) is 18.9 Å². The van der Waals surface area contributed by atoms with Crippen LogP contribution < -0.4 is 11.5 Å². The third-order valence-electron chi connectivity index (χ3n) is 0.633. The summed E-state index contributed by atoms with van der Waals surface area (Å²) >= 11 is 0. The fraction of sp³-hybridized carbons (Fsp3) is 0.400. The minimum atomic E-state index is 0.454. The van der Waals surface area contributed by atoms with Gasteiger partial charge in [0.1, 0.15) is 5.84 Å². The number of aliphatic imine (C=N–C) groups is 1. The lowest BCUT2D eigenvalue weighted by molar-refractivity contribution is 0.974. The second-order valence-corrected chi connectivity index (χ2v) is 1.30. The quantitative estimate of drug-likeness (QED) is 0.382. The van der Waals surface area contributed by atoms with Crippen LogP contribution >= 0.6 is 0 Å². The molecule has 0 aliphatic heterocycles. The highest BCUT2D eigenvalue weighted by Crippen LogP contribution is 1.68. The van der Waals surface area contributed by atoms with Crippen molar-refractivity contribution in [3.05, 3.63) is 12.7 Å². The Morgan fingerprint density at radius 3 is 2.75 bits per heavy atom. The minimum Gasteiger partial charge on any atom is -0.384 e. The van der Waals surface area contributed by atoms with Gasteiger partial charge in [-0.15, -0.1) is 0 Å². The average molecular weight is 113 g/mol. The lowest BCUT2D eigenvalue weighted by atomic mass is 10.6. The third-order valence-corrected chi connectivity index (χ3v) is 0.633. The van der Waals surface area contributed by atoms with Crippen LogP contribution in [0, 0.1) is 0 Å². The summed E-state index contributed by atoms with van der Waals surface area (Å²) in [5, 5.41) is 0. The highest BCUT2D eigenvalue weighted by Gasteiger charge is 1.77. The van der Waals surface area contributed by atoms with Crippen molar-refractivity contribution in [2.24, 2.45) is 16.5 Å². The summed E-state index contributed by atoms with van der Waals surface area (Å²) in [7, 11) is 0. The van der Waals surface area contributed by atoms with Crippen LogP contribution in [0.2, 0.25) is 0 Å². The van der Waals surface area contributed by atoms with Gasteiger partial charge >= 0.3 is 0 Å². The Morgan fingerprint density at radius 2 is 2.38 bits per heavy atom. The largest absolute Gasteiger partial charge is 0.384 e. The van der Waals surface area contributed by atoms with Crippen molar-refractivity contribution in [3.63, 3.8) is 0 Å². The summed E-state index contributed by atoms with van der Waals surface area (Å²) in [6.45, 7) is 4.53. The summed E-state index contributed by atoms with van der Waals surface area (Å²) in [4.78, 5) is 3.81. The minimum absolute atomic E-state index is 0.454. The number of nitrogens with zero attached hydrogens (tertiary/aromatic N) is 1. The van der Waals surface area contributed by atoms with Crippen molar-refractivity contribution >= 4 is 5.84 Å². The molecule has 0 aromatic rings. The van der Waals surface area contributed by atoms with Gasteiger partial charge in [-0.3, -0.25) is 4.99 Å². The van der Waals surface area contributed by atoms with Crippen LogP contribution in [0.3, 0.4) is 0 Å². The van der Waals surface area contributed by atoms with Gasteiger partial charge in [0.15, 0.2) is 0 Å². The Morgan fingerprint density at radius 1 is 1.75 bits per heavy atom. The Hall–Kier alpha value is -0.830. The molecular formula is C5H11N3. The molecule has 0 atom stereocenters. The van der Waals surface area contributed by atoms with E-state index in [0.717, 1.165) is 0 Å². The SMILES string of the molecule is C=CC(N)=NCCN. The van der Waals surface area contributed by atoms with Gasteiger partial charge in [-0.05, 0) is 6.08 Å². The number of hydrogen-bond donors (Lipinski definition) is 2. The Bertz CT molecular complexity index is 95.8. The first kappa shape index (κ1) is 7.17. The molecule has 3 nitrogen and oxygen atoms in total. The predicted octanol–water partition coefficient (Wildman–Crippen LogP) is -0.512. The molecule has 3 heteroatoms. The van der Waals surface area contributed by atoms with E-state index in [4.69, 9.17) is 11.5 Å². The van der Waals surface area contributed by atoms with Crippen LogP contribution in [-0.2, 0) is 0 Å². The second kappa shape index (κ2) is 4.33. The fourth-order valence-electron chi connectivity index (χ4n) is 0.258.